The predicted octanol–water partition coefficient (Wildman–Crippen LogP) is 1.99. The predicted molar refractivity (Wildman–Crippen MR) is 87.1 cm³/mol. The van der Waals surface area contributed by atoms with E-state index >= 15 is 0 Å². The minimum absolute atomic E-state index is 0.0536. The Labute approximate surface area is 133 Å². The minimum Gasteiger partial charge on any atom is -0.355 e. The number of benzene rings is 1. The smallest absolute Gasteiger partial charge is 0.321 e. The van der Waals surface area contributed by atoms with Crippen molar-refractivity contribution in [2.24, 2.45) is 0 Å². The van der Waals surface area contributed by atoms with Gasteiger partial charge >= 0.3 is 6.03 Å². The zero-order chi connectivity index (χ0) is 15.8. The van der Waals surface area contributed by atoms with Gasteiger partial charge in [-0.1, -0.05) is 30.3 Å². The molecular weight excluding hydrogens is 300 g/mol. The standard InChI is InChI=1S/C15H18N4O2S/c1-2-16-13(20)9-17-14(21)19-15-18-12(10-22-15)8-11-6-4-3-5-7-11/h3-7,10H,2,8-9H2,1H3,(H,16,20)(H2,17,18,19,21). The molecule has 22 heavy (non-hydrogen) atoms. The van der Waals surface area contributed by atoms with Gasteiger partial charge in [-0.25, -0.2) is 9.78 Å². The summed E-state index contributed by atoms with van der Waals surface area (Å²) in [5.41, 5.74) is 2.07. The molecule has 0 atom stereocenters. The lowest BCUT2D eigenvalue weighted by Crippen LogP contribution is -2.38. The highest BCUT2D eigenvalue weighted by Crippen LogP contribution is 2.17. The van der Waals surface area contributed by atoms with Crippen molar-refractivity contribution >= 4 is 28.4 Å². The molecule has 2 aromatic rings. The van der Waals surface area contributed by atoms with Crippen molar-refractivity contribution in [3.63, 3.8) is 0 Å². The third-order valence-corrected chi connectivity index (χ3v) is 3.59. The molecule has 3 amide bonds. The van der Waals surface area contributed by atoms with Gasteiger partial charge in [-0.05, 0) is 12.5 Å². The van der Waals surface area contributed by atoms with E-state index in [1.165, 1.54) is 16.9 Å². The molecule has 2 rings (SSSR count). The molecule has 0 bridgehead atoms. The second-order valence-corrected chi connectivity index (χ2v) is 5.43. The lowest BCUT2D eigenvalue weighted by molar-refractivity contribution is -0.119. The van der Waals surface area contributed by atoms with E-state index in [9.17, 15) is 9.59 Å². The van der Waals surface area contributed by atoms with Crippen LogP contribution in [-0.2, 0) is 11.2 Å². The normalized spacial score (nSPS) is 10.0. The first kappa shape index (κ1) is 16.0. The number of thiazole rings is 1. The highest BCUT2D eigenvalue weighted by atomic mass is 32.1. The van der Waals surface area contributed by atoms with Crippen LogP contribution >= 0.6 is 11.3 Å². The number of carbonyl (C=O) groups is 2. The molecule has 0 radical (unpaired) electrons. The van der Waals surface area contributed by atoms with Gasteiger partial charge in [0.05, 0.1) is 12.2 Å². The maximum Gasteiger partial charge on any atom is 0.321 e. The van der Waals surface area contributed by atoms with Crippen LogP contribution in [-0.4, -0.2) is 30.0 Å². The number of anilines is 1. The topological polar surface area (TPSA) is 83.1 Å². The van der Waals surface area contributed by atoms with Gasteiger partial charge in [0.1, 0.15) is 0 Å². The third kappa shape index (κ3) is 5.17. The van der Waals surface area contributed by atoms with E-state index in [1.807, 2.05) is 42.6 Å². The Morgan fingerprint density at radius 2 is 1.95 bits per heavy atom. The van der Waals surface area contributed by atoms with Crippen LogP contribution in [0.25, 0.3) is 0 Å². The first-order chi connectivity index (χ1) is 10.7. The highest BCUT2D eigenvalue weighted by molar-refractivity contribution is 7.13. The molecule has 6 nitrogen and oxygen atoms in total. The van der Waals surface area contributed by atoms with Crippen LogP contribution in [0.3, 0.4) is 0 Å². The number of hydrogen-bond donors (Lipinski definition) is 3. The minimum atomic E-state index is -0.438. The average molecular weight is 318 g/mol. The van der Waals surface area contributed by atoms with Gasteiger partial charge in [-0.3, -0.25) is 10.1 Å². The molecule has 7 heteroatoms. The third-order valence-electron chi connectivity index (χ3n) is 2.78. The fourth-order valence-corrected chi connectivity index (χ4v) is 2.52. The van der Waals surface area contributed by atoms with Crippen molar-refractivity contribution in [2.75, 3.05) is 18.4 Å². The fraction of sp³-hybridized carbons (Fsp3) is 0.267. The maximum absolute atomic E-state index is 11.7. The molecular formula is C15H18N4O2S. The molecule has 1 aromatic carbocycles. The van der Waals surface area contributed by atoms with Crippen LogP contribution in [0, 0.1) is 0 Å². The number of carbonyl (C=O) groups excluding carboxylic acids is 2. The Kier molecular flexibility index (Phi) is 5.91. The average Bonchev–Trinajstić information content (AvgIpc) is 2.93. The first-order valence-corrected chi connectivity index (χ1v) is 7.85. The first-order valence-electron chi connectivity index (χ1n) is 6.97. The SMILES string of the molecule is CCNC(=O)CNC(=O)Nc1nc(Cc2ccccc2)cs1. The van der Waals surface area contributed by atoms with Gasteiger partial charge in [0.15, 0.2) is 5.13 Å². The summed E-state index contributed by atoms with van der Waals surface area (Å²) in [5, 5.41) is 10.1. The van der Waals surface area contributed by atoms with Crippen molar-refractivity contribution in [3.05, 3.63) is 47.0 Å². The van der Waals surface area contributed by atoms with Gasteiger partial charge in [-0.15, -0.1) is 11.3 Å². The summed E-state index contributed by atoms with van der Waals surface area (Å²) >= 11 is 1.36. The number of likely N-dealkylation sites (N-methyl/N-ethyl adjacent to an activating group) is 1. The van der Waals surface area contributed by atoms with Crippen LogP contribution in [0.5, 0.6) is 0 Å². The van der Waals surface area contributed by atoms with E-state index in [4.69, 9.17) is 0 Å². The number of nitrogens with one attached hydrogen (secondary N) is 3. The lowest BCUT2D eigenvalue weighted by atomic mass is 10.1. The molecule has 0 fully saturated rings. The summed E-state index contributed by atoms with van der Waals surface area (Å²) in [6.45, 7) is 2.31. The molecule has 0 aliphatic rings. The molecule has 1 heterocycles. The molecule has 0 aliphatic carbocycles. The number of hydrogen-bond acceptors (Lipinski definition) is 4. The van der Waals surface area contributed by atoms with Crippen molar-refractivity contribution in [3.8, 4) is 0 Å². The Bertz CT molecular complexity index is 627. The largest absolute Gasteiger partial charge is 0.355 e. The lowest BCUT2D eigenvalue weighted by Gasteiger charge is -2.05. The van der Waals surface area contributed by atoms with Crippen molar-refractivity contribution in [2.45, 2.75) is 13.3 Å². The van der Waals surface area contributed by atoms with Crippen molar-refractivity contribution < 1.29 is 9.59 Å². The Morgan fingerprint density at radius 3 is 2.68 bits per heavy atom. The van der Waals surface area contributed by atoms with E-state index in [2.05, 4.69) is 20.9 Å². The zero-order valence-corrected chi connectivity index (χ0v) is 13.1. The molecule has 0 aliphatic heterocycles. The molecule has 1 aromatic heterocycles. The Hall–Kier alpha value is -2.41. The quantitative estimate of drug-likeness (QED) is 0.761. The van der Waals surface area contributed by atoms with Crippen LogP contribution in [0.15, 0.2) is 35.7 Å². The van der Waals surface area contributed by atoms with Crippen LogP contribution in [0.1, 0.15) is 18.2 Å². The monoisotopic (exact) mass is 318 g/mol. The zero-order valence-electron chi connectivity index (χ0n) is 12.3. The summed E-state index contributed by atoms with van der Waals surface area (Å²) < 4.78 is 0. The summed E-state index contributed by atoms with van der Waals surface area (Å²) in [6.07, 6.45) is 0.722. The van der Waals surface area contributed by atoms with Gasteiger partial charge in [0, 0.05) is 18.3 Å². The number of nitrogens with zero attached hydrogens (tertiary/aromatic N) is 1. The van der Waals surface area contributed by atoms with E-state index in [1.54, 1.807) is 0 Å². The van der Waals surface area contributed by atoms with E-state index in [0.717, 1.165) is 12.1 Å². The van der Waals surface area contributed by atoms with E-state index < -0.39 is 6.03 Å². The van der Waals surface area contributed by atoms with E-state index in [-0.39, 0.29) is 12.5 Å². The molecule has 0 unspecified atom stereocenters. The number of aromatic nitrogens is 1. The molecule has 3 N–H and O–H groups in total. The van der Waals surface area contributed by atoms with Crippen LogP contribution in [0.2, 0.25) is 0 Å². The van der Waals surface area contributed by atoms with Crippen molar-refractivity contribution in [1.29, 1.82) is 0 Å². The Balaban J connectivity index is 1.81. The number of urea groups is 1. The molecule has 0 spiro atoms. The highest BCUT2D eigenvalue weighted by Gasteiger charge is 2.08. The fourth-order valence-electron chi connectivity index (χ4n) is 1.81. The second kappa shape index (κ2) is 8.14. The van der Waals surface area contributed by atoms with Crippen LogP contribution < -0.4 is 16.0 Å². The van der Waals surface area contributed by atoms with Gasteiger partial charge in [0.25, 0.3) is 0 Å². The number of amides is 3. The van der Waals surface area contributed by atoms with Gasteiger partial charge < -0.3 is 10.6 Å². The maximum atomic E-state index is 11.7. The van der Waals surface area contributed by atoms with Crippen LogP contribution in [0.4, 0.5) is 9.93 Å². The summed E-state index contributed by atoms with van der Waals surface area (Å²) in [5.74, 6) is -0.221. The van der Waals surface area contributed by atoms with Crippen molar-refractivity contribution in [1.82, 2.24) is 15.6 Å². The number of rotatable bonds is 6. The molecule has 116 valence electrons. The molecule has 0 saturated carbocycles. The second-order valence-electron chi connectivity index (χ2n) is 4.57. The van der Waals surface area contributed by atoms with E-state index in [0.29, 0.717) is 11.7 Å². The summed E-state index contributed by atoms with van der Waals surface area (Å²) in [4.78, 5) is 27.2. The molecule has 0 saturated heterocycles. The Morgan fingerprint density at radius 1 is 1.18 bits per heavy atom. The van der Waals surface area contributed by atoms with Gasteiger partial charge in [-0.2, -0.15) is 0 Å². The summed E-state index contributed by atoms with van der Waals surface area (Å²) in [6, 6.07) is 9.56. The summed E-state index contributed by atoms with van der Waals surface area (Å²) in [7, 11) is 0. The van der Waals surface area contributed by atoms with Gasteiger partial charge in [0.2, 0.25) is 5.91 Å².